The molecule has 1 aliphatic carbocycles. The number of thiophene rings is 1. The molecule has 0 saturated carbocycles. The standard InChI is InChI=1S/C33H34FN7O3S/c1-21-15-24(5-8-28(21)44-19-22-3-2-4-23(34)16-22)39-32-30-25-6-7-27-26(31(25)45-33(30)37-20-36-32)17-38-41(27)18-29(42)35-9-10-40-11-13-43-14-12-40/h2-5,8,15-17,20H,6-7,9-14,18-19H2,1H3,(H,35,42)(H,36,37,39). The summed E-state index contributed by atoms with van der Waals surface area (Å²) in [7, 11) is 0. The van der Waals surface area contributed by atoms with Gasteiger partial charge in [0.15, 0.2) is 0 Å². The van der Waals surface area contributed by atoms with Gasteiger partial charge in [-0.25, -0.2) is 14.4 Å². The molecule has 2 aromatic carbocycles. The number of hydrogen-bond acceptors (Lipinski definition) is 9. The van der Waals surface area contributed by atoms with Crippen molar-refractivity contribution in [2.75, 3.05) is 44.7 Å². The van der Waals surface area contributed by atoms with E-state index in [1.165, 1.54) is 17.7 Å². The molecule has 45 heavy (non-hydrogen) atoms. The van der Waals surface area contributed by atoms with Crippen molar-refractivity contribution in [1.29, 1.82) is 0 Å². The zero-order valence-corrected chi connectivity index (χ0v) is 25.8. The number of carbonyl (C=O) groups is 1. The van der Waals surface area contributed by atoms with Crippen LogP contribution in [-0.2, 0) is 35.5 Å². The summed E-state index contributed by atoms with van der Waals surface area (Å²) in [5.74, 6) is 1.18. The second-order valence-corrected chi connectivity index (χ2v) is 12.3. The van der Waals surface area contributed by atoms with E-state index in [2.05, 4.69) is 30.6 Å². The topological polar surface area (TPSA) is 106 Å². The van der Waals surface area contributed by atoms with E-state index in [1.54, 1.807) is 23.7 Å². The average Bonchev–Trinajstić information content (AvgIpc) is 3.63. The number of fused-ring (bicyclic) bond motifs is 5. The monoisotopic (exact) mass is 627 g/mol. The summed E-state index contributed by atoms with van der Waals surface area (Å²) >= 11 is 1.63. The van der Waals surface area contributed by atoms with Gasteiger partial charge in [0.25, 0.3) is 0 Å². The lowest BCUT2D eigenvalue weighted by molar-refractivity contribution is -0.122. The number of benzene rings is 2. The Hall–Kier alpha value is -4.39. The van der Waals surface area contributed by atoms with Gasteiger partial charge in [-0.2, -0.15) is 5.10 Å². The minimum Gasteiger partial charge on any atom is -0.489 e. The number of ether oxygens (including phenoxy) is 2. The van der Waals surface area contributed by atoms with Crippen molar-refractivity contribution in [3.63, 3.8) is 0 Å². The van der Waals surface area contributed by atoms with Gasteiger partial charge in [-0.1, -0.05) is 12.1 Å². The molecule has 2 aliphatic rings. The van der Waals surface area contributed by atoms with E-state index in [-0.39, 0.29) is 24.9 Å². The summed E-state index contributed by atoms with van der Waals surface area (Å²) < 4.78 is 26.7. The molecule has 0 unspecified atom stereocenters. The van der Waals surface area contributed by atoms with Gasteiger partial charge >= 0.3 is 0 Å². The first-order chi connectivity index (χ1) is 22.0. The van der Waals surface area contributed by atoms with E-state index in [4.69, 9.17) is 9.47 Å². The summed E-state index contributed by atoms with van der Waals surface area (Å²) in [4.78, 5) is 26.3. The molecule has 0 radical (unpaired) electrons. The highest BCUT2D eigenvalue weighted by atomic mass is 32.1. The normalized spacial score (nSPS) is 14.6. The number of nitrogens with zero attached hydrogens (tertiary/aromatic N) is 5. The molecule has 3 aromatic heterocycles. The van der Waals surface area contributed by atoms with Crippen LogP contribution in [0.4, 0.5) is 15.9 Å². The van der Waals surface area contributed by atoms with Crippen molar-refractivity contribution in [2.45, 2.75) is 32.9 Å². The molecule has 232 valence electrons. The fraction of sp³-hybridized carbons (Fsp3) is 0.333. The largest absolute Gasteiger partial charge is 0.489 e. The molecule has 1 aliphatic heterocycles. The number of anilines is 2. The molecule has 0 atom stereocenters. The first-order valence-electron chi connectivity index (χ1n) is 15.1. The SMILES string of the molecule is Cc1cc(Nc2ncnc3sc4c(c23)CCc2c-4cnn2CC(=O)NCCN2CCOCC2)ccc1OCc1cccc(F)c1. The quantitative estimate of drug-likeness (QED) is 0.226. The molecule has 4 heterocycles. The molecular weight excluding hydrogens is 593 g/mol. The van der Waals surface area contributed by atoms with Crippen LogP contribution in [0, 0.1) is 12.7 Å². The second kappa shape index (κ2) is 12.9. The number of aromatic nitrogens is 4. The van der Waals surface area contributed by atoms with E-state index in [1.807, 2.05) is 42.1 Å². The number of halogens is 1. The van der Waals surface area contributed by atoms with Crippen LogP contribution < -0.4 is 15.4 Å². The molecule has 5 aromatic rings. The van der Waals surface area contributed by atoms with Crippen molar-refractivity contribution in [3.8, 4) is 16.2 Å². The molecule has 10 nitrogen and oxygen atoms in total. The van der Waals surface area contributed by atoms with Crippen LogP contribution in [-0.4, -0.2) is 69.9 Å². The van der Waals surface area contributed by atoms with Crippen molar-refractivity contribution in [1.82, 2.24) is 30.0 Å². The van der Waals surface area contributed by atoms with Gasteiger partial charge in [-0.05, 0) is 66.8 Å². The third-order valence-electron chi connectivity index (χ3n) is 8.26. The highest BCUT2D eigenvalue weighted by Crippen LogP contribution is 2.45. The Morgan fingerprint density at radius 2 is 2.02 bits per heavy atom. The molecule has 0 bridgehead atoms. The fourth-order valence-electron chi connectivity index (χ4n) is 5.97. The summed E-state index contributed by atoms with van der Waals surface area (Å²) in [5, 5.41) is 12.2. The molecular formula is C33H34FN7O3S. The number of rotatable bonds is 10. The maximum atomic E-state index is 13.5. The minimum absolute atomic E-state index is 0.0330. The van der Waals surface area contributed by atoms with Gasteiger partial charge in [0.1, 0.15) is 41.7 Å². The first kappa shape index (κ1) is 29.3. The summed E-state index contributed by atoms with van der Waals surface area (Å²) in [5.41, 5.74) is 5.95. The maximum Gasteiger partial charge on any atom is 0.241 e. The number of nitrogens with one attached hydrogen (secondary N) is 2. The Balaban J connectivity index is 1.04. The Labute approximate surface area is 264 Å². The third kappa shape index (κ3) is 6.39. The highest BCUT2D eigenvalue weighted by Gasteiger charge is 2.27. The molecule has 1 amide bonds. The zero-order valence-electron chi connectivity index (χ0n) is 25.0. The van der Waals surface area contributed by atoms with Gasteiger partial charge in [0.2, 0.25) is 5.91 Å². The fourth-order valence-corrected chi connectivity index (χ4v) is 7.19. The zero-order chi connectivity index (χ0) is 30.8. The lowest BCUT2D eigenvalue weighted by Gasteiger charge is -2.26. The number of hydrogen-bond donors (Lipinski definition) is 2. The number of aryl methyl sites for hydroxylation is 2. The van der Waals surface area contributed by atoms with E-state index < -0.39 is 0 Å². The second-order valence-electron chi connectivity index (χ2n) is 11.3. The van der Waals surface area contributed by atoms with Crippen LogP contribution in [0.15, 0.2) is 55.0 Å². The lowest BCUT2D eigenvalue weighted by Crippen LogP contribution is -2.42. The summed E-state index contributed by atoms with van der Waals surface area (Å²) in [6, 6.07) is 12.3. The average molecular weight is 628 g/mol. The van der Waals surface area contributed by atoms with E-state index in [0.29, 0.717) is 6.54 Å². The number of carbonyl (C=O) groups excluding carboxylic acids is 1. The maximum absolute atomic E-state index is 13.5. The van der Waals surface area contributed by atoms with Gasteiger partial charge < -0.3 is 20.1 Å². The predicted octanol–water partition coefficient (Wildman–Crippen LogP) is 4.87. The van der Waals surface area contributed by atoms with Gasteiger partial charge in [-0.15, -0.1) is 11.3 Å². The van der Waals surface area contributed by atoms with Crippen LogP contribution in [0.25, 0.3) is 20.7 Å². The van der Waals surface area contributed by atoms with Crippen molar-refractivity contribution < 1.29 is 18.7 Å². The van der Waals surface area contributed by atoms with Crippen LogP contribution in [0.5, 0.6) is 5.75 Å². The lowest BCUT2D eigenvalue weighted by atomic mass is 9.95. The summed E-state index contributed by atoms with van der Waals surface area (Å²) in [6.07, 6.45) is 5.04. The Morgan fingerprint density at radius 1 is 1.13 bits per heavy atom. The molecule has 1 fully saturated rings. The Morgan fingerprint density at radius 3 is 2.87 bits per heavy atom. The van der Waals surface area contributed by atoms with Crippen LogP contribution in [0.1, 0.15) is 22.4 Å². The van der Waals surface area contributed by atoms with Crippen molar-refractivity contribution in [2.24, 2.45) is 0 Å². The minimum atomic E-state index is -0.276. The van der Waals surface area contributed by atoms with Crippen LogP contribution >= 0.6 is 11.3 Å². The predicted molar refractivity (Wildman–Crippen MR) is 172 cm³/mol. The van der Waals surface area contributed by atoms with Crippen LogP contribution in [0.3, 0.4) is 0 Å². The van der Waals surface area contributed by atoms with Crippen molar-refractivity contribution >= 4 is 39.0 Å². The third-order valence-corrected chi connectivity index (χ3v) is 9.43. The Kier molecular flexibility index (Phi) is 8.42. The van der Waals surface area contributed by atoms with Crippen LogP contribution in [0.2, 0.25) is 0 Å². The van der Waals surface area contributed by atoms with E-state index >= 15 is 0 Å². The molecule has 2 N–H and O–H groups in total. The molecule has 7 rings (SSSR count). The highest BCUT2D eigenvalue weighted by molar-refractivity contribution is 7.22. The van der Waals surface area contributed by atoms with Gasteiger partial charge in [-0.3, -0.25) is 14.4 Å². The molecule has 0 spiro atoms. The van der Waals surface area contributed by atoms with E-state index in [0.717, 1.165) is 100 Å². The first-order valence-corrected chi connectivity index (χ1v) is 16.0. The van der Waals surface area contributed by atoms with E-state index in [9.17, 15) is 9.18 Å². The number of amides is 1. The van der Waals surface area contributed by atoms with Gasteiger partial charge in [0.05, 0.1) is 24.8 Å². The van der Waals surface area contributed by atoms with Gasteiger partial charge in [0, 0.05) is 48.0 Å². The molecule has 1 saturated heterocycles. The Bertz CT molecular complexity index is 1850. The smallest absolute Gasteiger partial charge is 0.241 e. The van der Waals surface area contributed by atoms with Crippen molar-refractivity contribution in [3.05, 3.63) is 83.2 Å². The number of morpholine rings is 1. The summed E-state index contributed by atoms with van der Waals surface area (Å²) in [6.45, 7) is 7.22. The molecule has 12 heteroatoms.